The number of amides is 2. The zero-order valence-corrected chi connectivity index (χ0v) is 25.1. The summed E-state index contributed by atoms with van der Waals surface area (Å²) in [4.78, 5) is 49.9. The number of carboxylic acid groups (broad SMARTS) is 1. The van der Waals surface area contributed by atoms with Crippen LogP contribution in [0.1, 0.15) is 12.6 Å². The maximum absolute atomic E-state index is 13.2. The highest BCUT2D eigenvalue weighted by Crippen LogP contribution is 2.41. The Morgan fingerprint density at radius 1 is 1.42 bits per heavy atom. The first-order chi connectivity index (χ1) is 18.2. The van der Waals surface area contributed by atoms with E-state index in [2.05, 4.69) is 47.3 Å². The van der Waals surface area contributed by atoms with Crippen LogP contribution in [0, 0.1) is 0 Å². The number of carbonyl (C=O) groups is 3. The molecule has 0 bridgehead atoms. The molecule has 198 valence electrons. The van der Waals surface area contributed by atoms with Gasteiger partial charge >= 0.3 is 5.97 Å². The van der Waals surface area contributed by atoms with E-state index in [1.165, 1.54) is 28.0 Å². The summed E-state index contributed by atoms with van der Waals surface area (Å²) in [5, 5.41) is 18.8. The molecule has 1 saturated heterocycles. The topological polar surface area (TPSA) is 151 Å². The maximum Gasteiger partial charge on any atom is 0.352 e. The van der Waals surface area contributed by atoms with Crippen molar-refractivity contribution in [3.8, 4) is 0 Å². The van der Waals surface area contributed by atoms with Gasteiger partial charge in [-0.15, -0.1) is 23.1 Å². The molecule has 0 saturated carbocycles. The van der Waals surface area contributed by atoms with Crippen LogP contribution in [0.3, 0.4) is 0 Å². The van der Waals surface area contributed by atoms with Gasteiger partial charge in [0.25, 0.3) is 16.6 Å². The van der Waals surface area contributed by atoms with E-state index in [0.29, 0.717) is 17.9 Å². The average Bonchev–Trinajstić information content (AvgIpc) is 3.45. The van der Waals surface area contributed by atoms with Crippen molar-refractivity contribution in [2.24, 2.45) is 5.16 Å². The first-order valence-corrected chi connectivity index (χ1v) is 15.4. The van der Waals surface area contributed by atoms with E-state index >= 15 is 0 Å². The Bertz CT molecular complexity index is 1540. The molecule has 1 unspecified atom stereocenters. The largest absolute Gasteiger partial charge is 0.477 e. The van der Waals surface area contributed by atoms with Crippen molar-refractivity contribution in [1.82, 2.24) is 15.2 Å². The number of hydrogen-bond donors (Lipinski definition) is 3. The summed E-state index contributed by atoms with van der Waals surface area (Å²) in [7, 11) is 0. The number of nitrogens with one attached hydrogen (secondary N) is 1. The highest BCUT2D eigenvalue weighted by molar-refractivity contribution is 9.13. The predicted molar refractivity (Wildman–Crippen MR) is 152 cm³/mol. The van der Waals surface area contributed by atoms with Gasteiger partial charge in [0.2, 0.25) is 0 Å². The second kappa shape index (κ2) is 10.9. The number of thiazole rings is 1. The van der Waals surface area contributed by atoms with Gasteiger partial charge in [0.15, 0.2) is 23.6 Å². The Kier molecular flexibility index (Phi) is 7.77. The molecule has 2 amide bonds. The minimum Gasteiger partial charge on any atom is -0.477 e. The van der Waals surface area contributed by atoms with Crippen molar-refractivity contribution in [2.75, 3.05) is 18.1 Å². The average molecular weight is 703 g/mol. The first-order valence-electron chi connectivity index (χ1n) is 11.1. The van der Waals surface area contributed by atoms with Crippen LogP contribution >= 0.6 is 66.3 Å². The van der Waals surface area contributed by atoms with Crippen LogP contribution in [-0.2, 0) is 25.8 Å². The molecule has 2 atom stereocenters. The summed E-state index contributed by atoms with van der Waals surface area (Å²) < 4.78 is 3.83. The van der Waals surface area contributed by atoms with E-state index in [9.17, 15) is 19.5 Å². The standard InChI is InChI=1S/C22H18Br2N6O5S3/c1-2-35-28-13(11-8-37-22(25)26-11)17(31)27-14-18(32)30-15(21(33)34)9(7-36-20(14)30)6-29-5-3-4-10-12(23)16(24)38-19(10)29/h3-5,8,14,20H,2,6-7H2,1H3,(H3-,25,26,27,31,33,34)/p+1/t14?,20-/m0/s1. The molecule has 16 heteroatoms. The van der Waals surface area contributed by atoms with Crippen molar-refractivity contribution >= 4 is 105 Å². The van der Waals surface area contributed by atoms with Crippen molar-refractivity contribution < 1.29 is 28.9 Å². The molecule has 0 spiro atoms. The van der Waals surface area contributed by atoms with Gasteiger partial charge in [0.1, 0.15) is 29.4 Å². The molecule has 5 heterocycles. The van der Waals surface area contributed by atoms with E-state index in [1.807, 2.05) is 22.9 Å². The van der Waals surface area contributed by atoms with Crippen LogP contribution in [-0.4, -0.2) is 62.3 Å². The Balaban J connectivity index is 1.39. The number of aromatic nitrogens is 2. The van der Waals surface area contributed by atoms with Gasteiger partial charge < -0.3 is 21.0 Å². The number of fused-ring (bicyclic) bond motifs is 2. The number of nitrogens with two attached hydrogens (primary N) is 1. The third-order valence-electron chi connectivity index (χ3n) is 5.78. The third-order valence-corrected chi connectivity index (χ3v) is 11.3. The minimum atomic E-state index is -1.19. The summed E-state index contributed by atoms with van der Waals surface area (Å²) in [6, 6.07) is 2.94. The molecule has 5 rings (SSSR count). The third kappa shape index (κ3) is 4.83. The van der Waals surface area contributed by atoms with Crippen LogP contribution in [0.15, 0.2) is 48.4 Å². The van der Waals surface area contributed by atoms with E-state index in [1.54, 1.807) is 12.3 Å². The van der Waals surface area contributed by atoms with Crippen LogP contribution in [0.2, 0.25) is 0 Å². The zero-order chi connectivity index (χ0) is 27.1. The van der Waals surface area contributed by atoms with Crippen LogP contribution in [0.5, 0.6) is 0 Å². The van der Waals surface area contributed by atoms with Crippen molar-refractivity contribution in [3.63, 3.8) is 0 Å². The van der Waals surface area contributed by atoms with Gasteiger partial charge in [-0.25, -0.2) is 9.78 Å². The lowest BCUT2D eigenvalue weighted by atomic mass is 10.0. The second-order valence-electron chi connectivity index (χ2n) is 8.09. The fourth-order valence-corrected chi connectivity index (χ4v) is 8.27. The Morgan fingerprint density at radius 3 is 2.89 bits per heavy atom. The summed E-state index contributed by atoms with van der Waals surface area (Å²) in [6.07, 6.45) is 1.88. The number of anilines is 1. The predicted octanol–water partition coefficient (Wildman–Crippen LogP) is 2.93. The van der Waals surface area contributed by atoms with Gasteiger partial charge in [-0.3, -0.25) is 14.5 Å². The highest BCUT2D eigenvalue weighted by Gasteiger charge is 2.55. The molecule has 3 aromatic rings. The number of rotatable bonds is 8. The number of β-lactam (4-membered cyclic amide) rings is 1. The van der Waals surface area contributed by atoms with Crippen molar-refractivity contribution in [1.29, 1.82) is 0 Å². The number of carbonyl (C=O) groups excluding carboxylic acids is 2. The minimum absolute atomic E-state index is 0.0566. The Labute approximate surface area is 245 Å². The number of carboxylic acids is 1. The zero-order valence-electron chi connectivity index (χ0n) is 19.5. The molecule has 4 N–H and O–H groups in total. The summed E-state index contributed by atoms with van der Waals surface area (Å²) in [6.45, 7) is 2.24. The summed E-state index contributed by atoms with van der Waals surface area (Å²) in [5.74, 6) is -1.99. The summed E-state index contributed by atoms with van der Waals surface area (Å²) >= 11 is 11.2. The molecular weight excluding hydrogens is 684 g/mol. The number of oxime groups is 1. The number of pyridine rings is 1. The lowest BCUT2D eigenvalue weighted by Gasteiger charge is -2.49. The number of thioether (sulfide) groups is 1. The normalized spacial score (nSPS) is 19.4. The SMILES string of the molecule is CCON=C(C(=O)NC1C(=O)N2C(C(=O)O)=C(C[n+]3cccc4c(Br)c(Br)sc43)CS[C@@H]12)c1csc(N)n1. The monoisotopic (exact) mass is 701 g/mol. The van der Waals surface area contributed by atoms with Gasteiger partial charge in [0.05, 0.1) is 13.6 Å². The number of nitrogen functional groups attached to an aromatic ring is 1. The highest BCUT2D eigenvalue weighted by atomic mass is 79.9. The van der Waals surface area contributed by atoms with Gasteiger partial charge in [-0.1, -0.05) is 16.5 Å². The molecule has 0 aliphatic carbocycles. The molecule has 2 aliphatic rings. The Hall–Kier alpha value is -2.53. The molecule has 0 radical (unpaired) electrons. The number of thiophene rings is 1. The van der Waals surface area contributed by atoms with E-state index in [-0.39, 0.29) is 28.8 Å². The van der Waals surface area contributed by atoms with Crippen LogP contribution in [0.4, 0.5) is 5.13 Å². The van der Waals surface area contributed by atoms with Gasteiger partial charge in [-0.05, 0) is 44.8 Å². The van der Waals surface area contributed by atoms with Gasteiger partial charge in [-0.2, -0.15) is 4.57 Å². The van der Waals surface area contributed by atoms with E-state index in [0.717, 1.165) is 29.8 Å². The van der Waals surface area contributed by atoms with E-state index < -0.39 is 29.2 Å². The quantitative estimate of drug-likeness (QED) is 0.140. The van der Waals surface area contributed by atoms with Crippen molar-refractivity contribution in [3.05, 3.63) is 48.9 Å². The first kappa shape index (κ1) is 27.1. The molecule has 3 aromatic heterocycles. The smallest absolute Gasteiger partial charge is 0.352 e. The van der Waals surface area contributed by atoms with E-state index in [4.69, 9.17) is 10.6 Å². The number of halogens is 2. The van der Waals surface area contributed by atoms with Crippen LogP contribution < -0.4 is 15.6 Å². The molecule has 1 fully saturated rings. The van der Waals surface area contributed by atoms with Crippen molar-refractivity contribution in [2.45, 2.75) is 24.9 Å². The number of nitrogens with zero attached hydrogens (tertiary/aromatic N) is 4. The summed E-state index contributed by atoms with van der Waals surface area (Å²) in [5.41, 5.74) is 6.36. The molecule has 2 aliphatic heterocycles. The lowest BCUT2D eigenvalue weighted by Crippen LogP contribution is -2.71. The number of hydrogen-bond acceptors (Lipinski definition) is 10. The Morgan fingerprint density at radius 2 is 2.21 bits per heavy atom. The van der Waals surface area contributed by atoms with Crippen LogP contribution in [0.25, 0.3) is 10.2 Å². The molecule has 38 heavy (non-hydrogen) atoms. The lowest BCUT2D eigenvalue weighted by molar-refractivity contribution is -0.661. The fourth-order valence-electron chi connectivity index (χ4n) is 4.13. The maximum atomic E-state index is 13.2. The molecule has 11 nitrogen and oxygen atoms in total. The number of aliphatic carboxylic acids is 1. The fraction of sp³-hybridized carbons (Fsp3) is 0.273. The molecular formula is C22H19Br2N6O5S3+. The molecule has 0 aromatic carbocycles. The van der Waals surface area contributed by atoms with Gasteiger partial charge in [0, 0.05) is 22.8 Å². The second-order valence-corrected chi connectivity index (χ2v) is 13.2.